The fraction of sp³-hybridized carbons (Fsp3) is 0.308. The van der Waals surface area contributed by atoms with Crippen molar-refractivity contribution in [1.82, 2.24) is 5.32 Å². The summed E-state index contributed by atoms with van der Waals surface area (Å²) < 4.78 is 45.0. The number of amides is 1. The summed E-state index contributed by atoms with van der Waals surface area (Å²) in [7, 11) is 1.60. The maximum absolute atomic E-state index is 13.3. The number of carbonyl (C=O) groups excluding carboxylic acids is 1. The Labute approximate surface area is 212 Å². The zero-order valence-electron chi connectivity index (χ0n) is 20.6. The van der Waals surface area contributed by atoms with Gasteiger partial charge in [-0.3, -0.25) is 10.3 Å². The van der Waals surface area contributed by atoms with Crippen molar-refractivity contribution in [3.05, 3.63) is 60.2 Å². The second kappa shape index (κ2) is 10.5. The fourth-order valence-electron chi connectivity index (χ4n) is 3.54. The van der Waals surface area contributed by atoms with E-state index in [1.54, 1.807) is 39.1 Å². The standard InChI is InChI=1S/C26H27F3N6O2/c1-14(2)37-25(36)33-19-10-11-20-15(3)22(35-24(30-4)32-17-8-9-17)23(34-21(20)13-19)31-18-7-5-6-16(12-18)26(27,28)29/h5-7,10-14,17H,3,8-9H2,1-2,4H3,(H,30,32)(H,31,34)(H,33,36)/b35-22+. The largest absolute Gasteiger partial charge is 0.447 e. The molecule has 1 amide bonds. The van der Waals surface area contributed by atoms with Crippen LogP contribution in [0, 0.1) is 0 Å². The topological polar surface area (TPSA) is 99.5 Å². The number of fused-ring (bicyclic) bond motifs is 1. The van der Waals surface area contributed by atoms with Crippen LogP contribution in [0.25, 0.3) is 5.57 Å². The van der Waals surface area contributed by atoms with Crippen LogP contribution >= 0.6 is 0 Å². The summed E-state index contributed by atoms with van der Waals surface area (Å²) in [5, 5.41) is 8.83. The number of benzene rings is 2. The van der Waals surface area contributed by atoms with Gasteiger partial charge in [-0.25, -0.2) is 14.8 Å². The lowest BCUT2D eigenvalue weighted by Gasteiger charge is -2.22. The molecular formula is C26H27F3N6O2. The maximum Gasteiger partial charge on any atom is 0.416 e. The molecule has 8 nitrogen and oxygen atoms in total. The van der Waals surface area contributed by atoms with E-state index in [1.165, 1.54) is 12.1 Å². The number of hydrogen-bond acceptors (Lipinski definition) is 5. The zero-order chi connectivity index (χ0) is 26.7. The normalized spacial score (nSPS) is 16.8. The van der Waals surface area contributed by atoms with Crippen LogP contribution in [-0.2, 0) is 10.9 Å². The summed E-state index contributed by atoms with van der Waals surface area (Å²) in [5.41, 5.74) is 1.74. The predicted molar refractivity (Wildman–Crippen MR) is 140 cm³/mol. The molecule has 0 saturated heterocycles. The molecule has 1 fully saturated rings. The van der Waals surface area contributed by atoms with E-state index < -0.39 is 17.8 Å². The van der Waals surface area contributed by atoms with E-state index in [0.717, 1.165) is 25.0 Å². The van der Waals surface area contributed by atoms with E-state index in [9.17, 15) is 18.0 Å². The third kappa shape index (κ3) is 6.54. The number of anilines is 2. The van der Waals surface area contributed by atoms with Gasteiger partial charge in [0.1, 0.15) is 5.71 Å². The average Bonchev–Trinajstić information content (AvgIpc) is 3.64. The fourth-order valence-corrected chi connectivity index (χ4v) is 3.54. The molecule has 11 heteroatoms. The molecule has 4 rings (SSSR count). The minimum Gasteiger partial charge on any atom is -0.447 e. The summed E-state index contributed by atoms with van der Waals surface area (Å²) in [5.74, 6) is 0.563. The van der Waals surface area contributed by atoms with Crippen LogP contribution in [0.3, 0.4) is 0 Å². The Morgan fingerprint density at radius 1 is 1.16 bits per heavy atom. The third-order valence-electron chi connectivity index (χ3n) is 5.45. The molecule has 3 N–H and O–H groups in total. The number of alkyl halides is 3. The van der Waals surface area contributed by atoms with Crippen LogP contribution in [0.2, 0.25) is 0 Å². The summed E-state index contributed by atoms with van der Waals surface area (Å²) >= 11 is 0. The molecule has 2 aliphatic rings. The first kappa shape index (κ1) is 25.9. The highest BCUT2D eigenvalue weighted by molar-refractivity contribution is 6.62. The number of guanidine groups is 1. The Morgan fingerprint density at radius 2 is 1.92 bits per heavy atom. The number of rotatable bonds is 4. The first-order chi connectivity index (χ1) is 17.5. The molecule has 1 heterocycles. The van der Waals surface area contributed by atoms with E-state index >= 15 is 0 Å². The van der Waals surface area contributed by atoms with Gasteiger partial charge in [0.25, 0.3) is 0 Å². The van der Waals surface area contributed by atoms with Crippen molar-refractivity contribution in [3.8, 4) is 0 Å². The molecule has 2 aromatic carbocycles. The maximum atomic E-state index is 13.3. The molecule has 0 bridgehead atoms. The summed E-state index contributed by atoms with van der Waals surface area (Å²) in [6.45, 7) is 7.64. The average molecular weight is 513 g/mol. The number of nitrogens with one attached hydrogen (secondary N) is 3. The van der Waals surface area contributed by atoms with Gasteiger partial charge >= 0.3 is 12.3 Å². The van der Waals surface area contributed by atoms with Gasteiger partial charge in [0, 0.05) is 35.6 Å². The van der Waals surface area contributed by atoms with E-state index in [0.29, 0.717) is 34.2 Å². The molecule has 37 heavy (non-hydrogen) atoms. The van der Waals surface area contributed by atoms with Gasteiger partial charge in [0.15, 0.2) is 5.84 Å². The molecular weight excluding hydrogens is 485 g/mol. The van der Waals surface area contributed by atoms with Crippen molar-refractivity contribution < 1.29 is 22.7 Å². The molecule has 1 aliphatic carbocycles. The Balaban J connectivity index is 1.73. The molecule has 0 unspecified atom stereocenters. The van der Waals surface area contributed by atoms with Crippen molar-refractivity contribution in [2.75, 3.05) is 17.7 Å². The van der Waals surface area contributed by atoms with Crippen LogP contribution in [0.5, 0.6) is 0 Å². The minimum absolute atomic E-state index is 0.178. The van der Waals surface area contributed by atoms with Crippen LogP contribution in [0.4, 0.5) is 35.0 Å². The lowest BCUT2D eigenvalue weighted by molar-refractivity contribution is -0.137. The number of aliphatic imine (C=N–C) groups is 3. The second-order valence-corrected chi connectivity index (χ2v) is 8.88. The van der Waals surface area contributed by atoms with Crippen LogP contribution in [0.1, 0.15) is 37.8 Å². The van der Waals surface area contributed by atoms with Crippen molar-refractivity contribution in [3.63, 3.8) is 0 Å². The predicted octanol–water partition coefficient (Wildman–Crippen LogP) is 6.01. The minimum atomic E-state index is -4.50. The smallest absolute Gasteiger partial charge is 0.416 e. The molecule has 194 valence electrons. The van der Waals surface area contributed by atoms with E-state index in [2.05, 4.69) is 37.5 Å². The van der Waals surface area contributed by atoms with Gasteiger partial charge in [0.05, 0.1) is 17.4 Å². The van der Waals surface area contributed by atoms with Gasteiger partial charge in [-0.15, -0.1) is 0 Å². The van der Waals surface area contributed by atoms with Crippen LogP contribution in [0.15, 0.2) is 64.0 Å². The molecule has 1 saturated carbocycles. The zero-order valence-corrected chi connectivity index (χ0v) is 20.6. The second-order valence-electron chi connectivity index (χ2n) is 8.88. The molecule has 1 aliphatic heterocycles. The Bertz CT molecular complexity index is 1310. The quantitative estimate of drug-likeness (QED) is 0.345. The molecule has 0 spiro atoms. The number of halogens is 3. The molecule has 0 atom stereocenters. The van der Waals surface area contributed by atoms with Crippen molar-refractivity contribution >= 4 is 46.2 Å². The highest BCUT2D eigenvalue weighted by Crippen LogP contribution is 2.35. The molecule has 0 aromatic heterocycles. The van der Waals surface area contributed by atoms with Gasteiger partial charge in [-0.1, -0.05) is 18.7 Å². The Kier molecular flexibility index (Phi) is 7.33. The van der Waals surface area contributed by atoms with Crippen LogP contribution in [-0.4, -0.2) is 42.8 Å². The SMILES string of the molecule is C=C1/C(=N\C(=N/C)NC2CC2)C(Nc2cccc(C(F)(F)F)c2)=Nc2cc(NC(=O)OC(C)C)ccc21. The first-order valence-electron chi connectivity index (χ1n) is 11.7. The monoisotopic (exact) mass is 512 g/mol. The lowest BCUT2D eigenvalue weighted by Crippen LogP contribution is -2.31. The van der Waals surface area contributed by atoms with Crippen molar-refractivity contribution in [2.24, 2.45) is 15.0 Å². The molecule has 0 radical (unpaired) electrons. The number of amidine groups is 1. The van der Waals surface area contributed by atoms with Crippen molar-refractivity contribution in [2.45, 2.75) is 45.0 Å². The highest BCUT2D eigenvalue weighted by atomic mass is 19.4. The van der Waals surface area contributed by atoms with E-state index in [-0.39, 0.29) is 23.7 Å². The van der Waals surface area contributed by atoms with E-state index in [1.807, 2.05) is 0 Å². The van der Waals surface area contributed by atoms with Crippen LogP contribution < -0.4 is 16.0 Å². The first-order valence-corrected chi connectivity index (χ1v) is 11.7. The summed E-state index contributed by atoms with van der Waals surface area (Å²) in [6.07, 6.45) is -3.40. The number of nitrogens with zero attached hydrogens (tertiary/aromatic N) is 3. The Hall–Kier alpha value is -4.15. The highest BCUT2D eigenvalue weighted by Gasteiger charge is 2.31. The Morgan fingerprint density at radius 3 is 2.57 bits per heavy atom. The lowest BCUT2D eigenvalue weighted by atomic mass is 9.96. The van der Waals surface area contributed by atoms with E-state index in [4.69, 9.17) is 4.74 Å². The summed E-state index contributed by atoms with van der Waals surface area (Å²) in [4.78, 5) is 25.5. The van der Waals surface area contributed by atoms with Gasteiger partial charge in [-0.05, 0) is 57.0 Å². The summed E-state index contributed by atoms with van der Waals surface area (Å²) in [6, 6.07) is 10.1. The number of carbonyl (C=O) groups is 1. The van der Waals surface area contributed by atoms with Crippen molar-refractivity contribution in [1.29, 1.82) is 0 Å². The number of ether oxygens (including phenoxy) is 1. The molecule has 2 aromatic rings. The van der Waals surface area contributed by atoms with Gasteiger partial charge in [-0.2, -0.15) is 13.2 Å². The van der Waals surface area contributed by atoms with Gasteiger partial charge in [0.2, 0.25) is 5.96 Å². The van der Waals surface area contributed by atoms with Gasteiger partial charge < -0.3 is 15.4 Å². The third-order valence-corrected chi connectivity index (χ3v) is 5.45. The number of hydrogen-bond donors (Lipinski definition) is 3.